The number of Topliss-reactive ketones (excluding diaryl/α,β-unsaturated/α-hetero) is 1. The van der Waals surface area contributed by atoms with Crippen LogP contribution in [0.2, 0.25) is 0 Å². The number of carbonyl (C=O) groups is 2. The van der Waals surface area contributed by atoms with Gasteiger partial charge in [-0.15, -0.1) is 0 Å². The Hall–Kier alpha value is -3.43. The highest BCUT2D eigenvalue weighted by molar-refractivity contribution is 7.78. The molecule has 3 aromatic rings. The number of amides is 1. The molecule has 2 fully saturated rings. The van der Waals surface area contributed by atoms with E-state index in [1.54, 1.807) is 18.2 Å². The Balaban J connectivity index is 1.54. The number of pyridine rings is 1. The number of anilines is 1. The van der Waals surface area contributed by atoms with E-state index in [2.05, 4.69) is 22.7 Å². The Morgan fingerprint density at radius 2 is 1.69 bits per heavy atom. The number of hydrogen-bond acceptors (Lipinski definition) is 7. The van der Waals surface area contributed by atoms with Crippen molar-refractivity contribution in [3.8, 4) is 11.6 Å². The number of halogens is 1. The van der Waals surface area contributed by atoms with Crippen LogP contribution in [-0.4, -0.2) is 47.3 Å². The summed E-state index contributed by atoms with van der Waals surface area (Å²) in [6.45, 7) is 2.93. The molecule has 0 aliphatic carbocycles. The zero-order valence-electron chi connectivity index (χ0n) is 18.9. The highest BCUT2D eigenvalue weighted by Gasteiger charge is 2.49. The second-order valence-corrected chi connectivity index (χ2v) is 8.92. The lowest BCUT2D eigenvalue weighted by Gasteiger charge is -2.43. The molecular weight excluding hydrogens is 469 g/mol. The monoisotopic (exact) mass is 493 g/mol. The summed E-state index contributed by atoms with van der Waals surface area (Å²) in [7, 11) is 0. The molecule has 5 rings (SSSR count). The summed E-state index contributed by atoms with van der Waals surface area (Å²) in [5.74, 6) is -0.287. The molecule has 0 spiro atoms. The van der Waals surface area contributed by atoms with E-state index in [1.807, 2.05) is 24.3 Å². The zero-order chi connectivity index (χ0) is 24.4. The largest absolute Gasteiger partial charge is 0.439 e. The lowest BCUT2D eigenvalue weighted by molar-refractivity contribution is -0.139. The number of carbonyl (C=O) groups excluding carboxylic acids is 2. The number of thiol groups is 1. The van der Waals surface area contributed by atoms with Gasteiger partial charge in [0.15, 0.2) is 0 Å². The summed E-state index contributed by atoms with van der Waals surface area (Å²) in [4.78, 5) is 32.4. The van der Waals surface area contributed by atoms with Crippen molar-refractivity contribution in [1.29, 1.82) is 0 Å². The van der Waals surface area contributed by atoms with Gasteiger partial charge < -0.3 is 14.4 Å². The second kappa shape index (κ2) is 9.67. The number of ketones is 1. The van der Waals surface area contributed by atoms with Gasteiger partial charge in [-0.25, -0.2) is 9.37 Å². The van der Waals surface area contributed by atoms with Gasteiger partial charge in [0, 0.05) is 31.3 Å². The van der Waals surface area contributed by atoms with Crippen molar-refractivity contribution in [2.75, 3.05) is 31.2 Å². The van der Waals surface area contributed by atoms with Crippen LogP contribution in [0.4, 0.5) is 10.1 Å². The van der Waals surface area contributed by atoms with Gasteiger partial charge in [-0.1, -0.05) is 31.0 Å². The number of ether oxygens (including phenoxy) is 2. The molecule has 7 nitrogen and oxygen atoms in total. The molecule has 1 atom stereocenters. The summed E-state index contributed by atoms with van der Waals surface area (Å²) < 4.78 is 25.8. The first-order chi connectivity index (χ1) is 17.0. The third-order valence-corrected chi connectivity index (χ3v) is 6.87. The molecule has 1 amide bonds. The Bertz CT molecular complexity index is 1230. The molecule has 2 aliphatic heterocycles. The highest BCUT2D eigenvalue weighted by atomic mass is 32.1. The minimum absolute atomic E-state index is 0.0339. The normalized spacial score (nSPS) is 20.7. The molecule has 3 heterocycles. The lowest BCUT2D eigenvalue weighted by atomic mass is 9.78. The van der Waals surface area contributed by atoms with Gasteiger partial charge in [0.25, 0.3) is 0 Å². The van der Waals surface area contributed by atoms with Crippen LogP contribution in [0.15, 0.2) is 66.7 Å². The van der Waals surface area contributed by atoms with Crippen LogP contribution in [0, 0.1) is 5.82 Å². The molecule has 0 radical (unpaired) electrons. The van der Waals surface area contributed by atoms with Gasteiger partial charge >= 0.3 is 0 Å². The maximum Gasteiger partial charge on any atom is 0.240 e. The first-order valence-electron chi connectivity index (χ1n) is 11.3. The molecule has 0 bridgehead atoms. The van der Waals surface area contributed by atoms with Gasteiger partial charge in [0.2, 0.25) is 11.8 Å². The van der Waals surface area contributed by atoms with E-state index in [0.717, 1.165) is 24.3 Å². The molecule has 0 N–H and O–H groups in total. The highest BCUT2D eigenvalue weighted by Crippen LogP contribution is 2.44. The fourth-order valence-corrected chi connectivity index (χ4v) is 4.90. The van der Waals surface area contributed by atoms with E-state index in [9.17, 15) is 14.0 Å². The molecule has 2 aromatic carbocycles. The Kier molecular flexibility index (Phi) is 6.44. The lowest BCUT2D eigenvalue weighted by Crippen LogP contribution is -2.51. The minimum Gasteiger partial charge on any atom is -0.439 e. The topological polar surface area (TPSA) is 72.0 Å². The van der Waals surface area contributed by atoms with E-state index in [-0.39, 0.29) is 30.3 Å². The fourth-order valence-electron chi connectivity index (χ4n) is 4.55. The number of nitrogens with zero attached hydrogens (tertiary/aromatic N) is 3. The Labute approximate surface area is 208 Å². The number of aromatic nitrogens is 1. The fraction of sp³-hybridized carbons (Fsp3) is 0.269. The van der Waals surface area contributed by atoms with E-state index < -0.39 is 11.4 Å². The van der Waals surface area contributed by atoms with Gasteiger partial charge in [-0.2, -0.15) is 0 Å². The predicted octanol–water partition coefficient (Wildman–Crippen LogP) is 4.13. The van der Waals surface area contributed by atoms with Gasteiger partial charge in [0.1, 0.15) is 22.9 Å². The van der Waals surface area contributed by atoms with Crippen molar-refractivity contribution in [3.63, 3.8) is 0 Å². The number of rotatable bonds is 5. The SMILES string of the molecule is O=C1CC(=O)N(S)C(c2ccc(N3CCOCC3)cc2)(c2cccc(Oc3ccc(F)cc3)n2)C1. The predicted molar refractivity (Wildman–Crippen MR) is 131 cm³/mol. The van der Waals surface area contributed by atoms with Crippen LogP contribution in [0.3, 0.4) is 0 Å². The maximum atomic E-state index is 13.3. The summed E-state index contributed by atoms with van der Waals surface area (Å²) in [5, 5.41) is 0. The third kappa shape index (κ3) is 4.61. The smallest absolute Gasteiger partial charge is 0.240 e. The number of benzene rings is 2. The summed E-state index contributed by atoms with van der Waals surface area (Å²) in [6.07, 6.45) is -0.172. The molecule has 2 aliphatic rings. The van der Waals surface area contributed by atoms with E-state index in [0.29, 0.717) is 24.7 Å². The molecule has 35 heavy (non-hydrogen) atoms. The second-order valence-electron chi connectivity index (χ2n) is 8.52. The van der Waals surface area contributed by atoms with Crippen LogP contribution in [-0.2, 0) is 19.9 Å². The summed E-state index contributed by atoms with van der Waals surface area (Å²) >= 11 is 4.55. The minimum atomic E-state index is -1.21. The van der Waals surface area contributed by atoms with Crippen molar-refractivity contribution in [3.05, 3.63) is 83.8 Å². The molecule has 180 valence electrons. The van der Waals surface area contributed by atoms with Gasteiger partial charge in [-0.05, 0) is 48.0 Å². The first kappa shape index (κ1) is 23.3. The van der Waals surface area contributed by atoms with Crippen molar-refractivity contribution in [1.82, 2.24) is 9.29 Å². The quantitative estimate of drug-likeness (QED) is 0.426. The molecule has 1 unspecified atom stereocenters. The van der Waals surface area contributed by atoms with E-state index in [4.69, 9.17) is 9.47 Å². The Morgan fingerprint density at radius 1 is 0.971 bits per heavy atom. The van der Waals surface area contributed by atoms with E-state index in [1.165, 1.54) is 28.6 Å². The van der Waals surface area contributed by atoms with Crippen molar-refractivity contribution >= 4 is 30.2 Å². The average Bonchev–Trinajstić information content (AvgIpc) is 2.88. The molecule has 9 heteroatoms. The molecule has 1 aromatic heterocycles. The van der Waals surface area contributed by atoms with Crippen LogP contribution < -0.4 is 9.64 Å². The van der Waals surface area contributed by atoms with Crippen LogP contribution >= 0.6 is 12.8 Å². The molecule has 2 saturated heterocycles. The van der Waals surface area contributed by atoms with Crippen LogP contribution in [0.5, 0.6) is 11.6 Å². The van der Waals surface area contributed by atoms with Crippen molar-refractivity contribution in [2.24, 2.45) is 0 Å². The van der Waals surface area contributed by atoms with Gasteiger partial charge in [0.05, 0.1) is 25.3 Å². The number of piperidine rings is 1. The standard InChI is InChI=1S/C26H24FN3O4S/c27-19-6-10-22(11-7-19)34-24-3-1-2-23(28-24)26(17-21(31)16-25(32)30(26)35)18-4-8-20(9-5-18)29-12-14-33-15-13-29/h1-11,35H,12-17H2. The Morgan fingerprint density at radius 3 is 2.40 bits per heavy atom. The first-order valence-corrected chi connectivity index (χ1v) is 11.7. The number of hydrogen-bond donors (Lipinski definition) is 1. The number of morpholine rings is 1. The van der Waals surface area contributed by atoms with Gasteiger partial charge in [-0.3, -0.25) is 13.9 Å². The molecular formula is C26H24FN3O4S. The van der Waals surface area contributed by atoms with Crippen molar-refractivity contribution < 1.29 is 23.5 Å². The average molecular weight is 494 g/mol. The van der Waals surface area contributed by atoms with E-state index >= 15 is 0 Å². The zero-order valence-corrected chi connectivity index (χ0v) is 19.8. The van der Waals surface area contributed by atoms with Crippen molar-refractivity contribution in [2.45, 2.75) is 18.4 Å². The third-order valence-electron chi connectivity index (χ3n) is 6.30. The summed E-state index contributed by atoms with van der Waals surface area (Å²) in [6, 6.07) is 18.5. The summed E-state index contributed by atoms with van der Waals surface area (Å²) in [5.41, 5.74) is 0.999. The molecule has 0 saturated carbocycles. The van der Waals surface area contributed by atoms with Crippen LogP contribution in [0.25, 0.3) is 0 Å². The van der Waals surface area contributed by atoms with Crippen LogP contribution in [0.1, 0.15) is 24.1 Å². The maximum absolute atomic E-state index is 13.3.